The maximum Gasteiger partial charge on any atom is 0.102 e. The summed E-state index contributed by atoms with van der Waals surface area (Å²) in [6.07, 6.45) is 1.42. The molecule has 1 fully saturated rings. The lowest BCUT2D eigenvalue weighted by Gasteiger charge is -2.37. The van der Waals surface area contributed by atoms with Crippen LogP contribution in [0.5, 0.6) is 0 Å². The first-order valence-corrected chi connectivity index (χ1v) is 3.93. The molecule has 0 radical (unpaired) electrons. The first-order chi connectivity index (χ1) is 5.63. The molecule has 0 aromatic rings. The van der Waals surface area contributed by atoms with Gasteiger partial charge in [-0.2, -0.15) is 0 Å². The number of likely N-dealkylation sites (tertiary alicyclic amines) is 1. The number of aliphatic hydroxyl groups is 1. The summed E-state index contributed by atoms with van der Waals surface area (Å²) in [5, 5.41) is 9.02. The standard InChI is InChI=1S/C9H14N2O/c1-4-7(2)10-8(3)11-5-9(12)6-11/h4,9,12H,1-2,5-6H2,3H3. The second-order valence-electron chi connectivity index (χ2n) is 2.91. The van der Waals surface area contributed by atoms with E-state index in [1.807, 2.05) is 11.8 Å². The first-order valence-electron chi connectivity index (χ1n) is 3.93. The lowest BCUT2D eigenvalue weighted by Crippen LogP contribution is -2.52. The summed E-state index contributed by atoms with van der Waals surface area (Å²) in [4.78, 5) is 6.17. The monoisotopic (exact) mass is 166 g/mol. The van der Waals surface area contributed by atoms with Crippen molar-refractivity contribution in [1.29, 1.82) is 0 Å². The Balaban J connectivity index is 2.47. The first kappa shape index (κ1) is 9.00. The molecule has 0 aromatic heterocycles. The zero-order valence-electron chi connectivity index (χ0n) is 7.32. The predicted molar refractivity (Wildman–Crippen MR) is 50.0 cm³/mol. The molecule has 0 amide bonds. The van der Waals surface area contributed by atoms with E-state index in [0.717, 1.165) is 5.84 Å². The van der Waals surface area contributed by atoms with E-state index < -0.39 is 0 Å². The van der Waals surface area contributed by atoms with E-state index in [1.165, 1.54) is 0 Å². The van der Waals surface area contributed by atoms with Gasteiger partial charge in [-0.25, -0.2) is 4.99 Å². The molecular weight excluding hydrogens is 152 g/mol. The molecule has 1 heterocycles. The fourth-order valence-electron chi connectivity index (χ4n) is 1.04. The minimum atomic E-state index is -0.188. The third-order valence-corrected chi connectivity index (χ3v) is 1.86. The molecule has 0 aliphatic carbocycles. The highest BCUT2D eigenvalue weighted by Crippen LogP contribution is 2.09. The van der Waals surface area contributed by atoms with Gasteiger partial charge in [0, 0.05) is 13.1 Å². The van der Waals surface area contributed by atoms with Crippen molar-refractivity contribution in [3.05, 3.63) is 24.9 Å². The molecule has 3 nitrogen and oxygen atoms in total. The molecule has 0 aromatic carbocycles. The third-order valence-electron chi connectivity index (χ3n) is 1.86. The molecule has 0 unspecified atom stereocenters. The van der Waals surface area contributed by atoms with Gasteiger partial charge in [-0.15, -0.1) is 0 Å². The average molecular weight is 166 g/mol. The lowest BCUT2D eigenvalue weighted by molar-refractivity contribution is 0.0463. The van der Waals surface area contributed by atoms with Crippen LogP contribution < -0.4 is 0 Å². The van der Waals surface area contributed by atoms with Crippen LogP contribution in [0.1, 0.15) is 6.92 Å². The normalized spacial score (nSPS) is 18.8. The van der Waals surface area contributed by atoms with Gasteiger partial charge in [-0.1, -0.05) is 13.2 Å². The number of hydrogen-bond acceptors (Lipinski definition) is 2. The summed E-state index contributed by atoms with van der Waals surface area (Å²) in [6.45, 7) is 10.5. The molecule has 66 valence electrons. The van der Waals surface area contributed by atoms with Crippen LogP contribution in [-0.2, 0) is 0 Å². The van der Waals surface area contributed by atoms with Crippen LogP contribution in [0.2, 0.25) is 0 Å². The number of allylic oxidation sites excluding steroid dienone is 1. The number of amidine groups is 1. The molecule has 1 N–H and O–H groups in total. The molecule has 1 aliphatic rings. The van der Waals surface area contributed by atoms with E-state index in [9.17, 15) is 0 Å². The number of aliphatic imine (C=N–C) groups is 1. The van der Waals surface area contributed by atoms with Crippen molar-refractivity contribution in [1.82, 2.24) is 4.90 Å². The summed E-state index contributed by atoms with van der Waals surface area (Å²) in [5.41, 5.74) is 0.661. The van der Waals surface area contributed by atoms with Crippen LogP contribution in [0.25, 0.3) is 0 Å². The van der Waals surface area contributed by atoms with E-state index in [1.54, 1.807) is 6.08 Å². The van der Waals surface area contributed by atoms with Gasteiger partial charge < -0.3 is 10.0 Å². The molecule has 1 aliphatic heterocycles. The van der Waals surface area contributed by atoms with Crippen molar-refractivity contribution in [3.63, 3.8) is 0 Å². The second kappa shape index (κ2) is 3.54. The van der Waals surface area contributed by atoms with Crippen molar-refractivity contribution in [2.45, 2.75) is 13.0 Å². The maximum atomic E-state index is 9.02. The predicted octanol–water partition coefficient (Wildman–Crippen LogP) is 0.781. The van der Waals surface area contributed by atoms with Gasteiger partial charge in [0.25, 0.3) is 0 Å². The Kier molecular flexibility index (Phi) is 2.65. The highest BCUT2D eigenvalue weighted by atomic mass is 16.3. The Labute approximate surface area is 72.7 Å². The molecule has 0 saturated carbocycles. The molecular formula is C9H14N2O. The Hall–Kier alpha value is -1.09. The van der Waals surface area contributed by atoms with Crippen molar-refractivity contribution in [2.24, 2.45) is 4.99 Å². The quantitative estimate of drug-likeness (QED) is 0.374. The Bertz CT molecular complexity index is 227. The van der Waals surface area contributed by atoms with E-state index in [-0.39, 0.29) is 6.10 Å². The second-order valence-corrected chi connectivity index (χ2v) is 2.91. The maximum absolute atomic E-state index is 9.02. The van der Waals surface area contributed by atoms with E-state index in [0.29, 0.717) is 18.8 Å². The van der Waals surface area contributed by atoms with E-state index >= 15 is 0 Å². The largest absolute Gasteiger partial charge is 0.389 e. The summed E-state index contributed by atoms with van der Waals surface area (Å²) in [5.74, 6) is 0.894. The smallest absolute Gasteiger partial charge is 0.102 e. The van der Waals surface area contributed by atoms with Crippen molar-refractivity contribution in [3.8, 4) is 0 Å². The summed E-state index contributed by atoms with van der Waals surface area (Å²) in [7, 11) is 0. The fourth-order valence-corrected chi connectivity index (χ4v) is 1.04. The van der Waals surface area contributed by atoms with Crippen LogP contribution in [0.15, 0.2) is 29.9 Å². The number of aliphatic hydroxyl groups excluding tert-OH is 1. The van der Waals surface area contributed by atoms with Crippen LogP contribution in [0.3, 0.4) is 0 Å². The zero-order valence-corrected chi connectivity index (χ0v) is 7.32. The van der Waals surface area contributed by atoms with Crippen molar-refractivity contribution >= 4 is 5.84 Å². The van der Waals surface area contributed by atoms with Crippen LogP contribution >= 0.6 is 0 Å². The van der Waals surface area contributed by atoms with Crippen molar-refractivity contribution < 1.29 is 5.11 Å². The van der Waals surface area contributed by atoms with Crippen LogP contribution in [0, 0.1) is 0 Å². The van der Waals surface area contributed by atoms with Gasteiger partial charge in [0.1, 0.15) is 5.84 Å². The zero-order chi connectivity index (χ0) is 9.14. The Morgan fingerprint density at radius 1 is 1.67 bits per heavy atom. The fraction of sp³-hybridized carbons (Fsp3) is 0.444. The van der Waals surface area contributed by atoms with Gasteiger partial charge in [-0.05, 0) is 13.0 Å². The number of nitrogens with zero attached hydrogens (tertiary/aromatic N) is 2. The van der Waals surface area contributed by atoms with Gasteiger partial charge in [0.2, 0.25) is 0 Å². The number of hydrogen-bond donors (Lipinski definition) is 1. The number of rotatable bonds is 2. The van der Waals surface area contributed by atoms with E-state index in [4.69, 9.17) is 5.11 Å². The lowest BCUT2D eigenvalue weighted by atomic mass is 10.2. The van der Waals surface area contributed by atoms with Gasteiger partial charge in [0.15, 0.2) is 0 Å². The Morgan fingerprint density at radius 2 is 2.25 bits per heavy atom. The van der Waals surface area contributed by atoms with E-state index in [2.05, 4.69) is 18.2 Å². The van der Waals surface area contributed by atoms with Crippen molar-refractivity contribution in [2.75, 3.05) is 13.1 Å². The van der Waals surface area contributed by atoms with Gasteiger partial charge in [0.05, 0.1) is 11.8 Å². The Morgan fingerprint density at radius 3 is 2.67 bits per heavy atom. The molecule has 1 saturated heterocycles. The molecule has 3 heteroatoms. The molecule has 0 spiro atoms. The summed E-state index contributed by atoms with van der Waals surface area (Å²) in [6, 6.07) is 0. The minimum Gasteiger partial charge on any atom is -0.389 e. The average Bonchev–Trinajstić information content (AvgIpc) is 1.98. The highest BCUT2D eigenvalue weighted by molar-refractivity contribution is 5.81. The van der Waals surface area contributed by atoms with Crippen LogP contribution in [0.4, 0.5) is 0 Å². The minimum absolute atomic E-state index is 0.188. The number of β-amino-alcohol motifs (C(OH)–C–C–N with tert-alkyl or cyclic N) is 1. The third kappa shape index (κ3) is 1.95. The van der Waals surface area contributed by atoms with Crippen LogP contribution in [-0.4, -0.2) is 35.0 Å². The van der Waals surface area contributed by atoms with Gasteiger partial charge in [-0.3, -0.25) is 0 Å². The molecule has 0 atom stereocenters. The SMILES string of the molecule is C=CC(=C)N=C(C)N1CC(O)C1. The topological polar surface area (TPSA) is 35.8 Å². The van der Waals surface area contributed by atoms with Gasteiger partial charge >= 0.3 is 0 Å². The highest BCUT2D eigenvalue weighted by Gasteiger charge is 2.24. The molecule has 1 rings (SSSR count). The summed E-state index contributed by atoms with van der Waals surface area (Å²) < 4.78 is 0. The molecule has 12 heavy (non-hydrogen) atoms. The summed E-state index contributed by atoms with van der Waals surface area (Å²) >= 11 is 0. The molecule has 0 bridgehead atoms.